The third-order valence-electron chi connectivity index (χ3n) is 4.46. The number of likely N-dealkylation sites (N-methyl/N-ethyl adjacent to an activating group) is 1. The molecule has 2 aromatic rings. The van der Waals surface area contributed by atoms with Gasteiger partial charge in [0.25, 0.3) is 0 Å². The first-order chi connectivity index (χ1) is 12.1. The number of aromatic nitrogens is 1. The zero-order valence-corrected chi connectivity index (χ0v) is 15.7. The van der Waals surface area contributed by atoms with Crippen LogP contribution < -0.4 is 15.0 Å². The van der Waals surface area contributed by atoms with Crippen LogP contribution in [0.4, 0.5) is 5.13 Å². The van der Waals surface area contributed by atoms with Gasteiger partial charge in [-0.1, -0.05) is 23.5 Å². The normalized spacial score (nSPS) is 16.3. The first-order valence-corrected chi connectivity index (χ1v) is 9.77. The first kappa shape index (κ1) is 17.9. The highest BCUT2D eigenvalue weighted by atomic mass is 32.1. The molecule has 0 fully saturated rings. The molecule has 1 aliphatic heterocycles. The Bertz CT molecular complexity index is 729. The third-order valence-corrected chi connectivity index (χ3v) is 5.47. The van der Waals surface area contributed by atoms with Gasteiger partial charge in [0.2, 0.25) is 5.91 Å². The average Bonchev–Trinajstić information content (AvgIpc) is 3.00. The number of rotatable bonds is 7. The smallest absolute Gasteiger partial charge is 0.226 e. The van der Waals surface area contributed by atoms with E-state index in [0.29, 0.717) is 19.4 Å². The fourth-order valence-electron chi connectivity index (χ4n) is 2.99. The molecule has 2 heterocycles. The zero-order chi connectivity index (χ0) is 17.6. The van der Waals surface area contributed by atoms with Gasteiger partial charge in [0.1, 0.15) is 12.3 Å². The molecule has 0 saturated carbocycles. The molecule has 1 aliphatic rings. The molecule has 1 atom stereocenters. The quantitative estimate of drug-likeness (QED) is 0.745. The number of quaternary nitrogens is 1. The van der Waals surface area contributed by atoms with Crippen LogP contribution in [0.5, 0.6) is 5.75 Å². The molecule has 2 N–H and O–H groups in total. The molecular formula is C19H26N3O2S+. The Kier molecular flexibility index (Phi) is 6.04. The van der Waals surface area contributed by atoms with Crippen molar-refractivity contribution in [3.63, 3.8) is 0 Å². The molecule has 1 aromatic carbocycles. The molecule has 0 radical (unpaired) electrons. The Morgan fingerprint density at radius 2 is 2.32 bits per heavy atom. The fourth-order valence-corrected chi connectivity index (χ4v) is 4.09. The standard InChI is InChI=1S/C19H25N3O2S/c1-3-22-10-9-16-17(13-22)25-19(20-16)21-18(23)8-5-11-24-15-7-4-6-14(2)12-15/h4,6-7,12H,3,5,8-11,13H2,1-2H3,(H,20,21,23)/p+1. The van der Waals surface area contributed by atoms with Gasteiger partial charge in [-0.25, -0.2) is 4.98 Å². The number of ether oxygens (including phenoxy) is 1. The van der Waals surface area contributed by atoms with E-state index in [4.69, 9.17) is 4.74 Å². The number of amides is 1. The van der Waals surface area contributed by atoms with Crippen LogP contribution in [-0.2, 0) is 17.8 Å². The van der Waals surface area contributed by atoms with Crippen LogP contribution in [0.1, 0.15) is 35.9 Å². The molecule has 5 nitrogen and oxygen atoms in total. The van der Waals surface area contributed by atoms with Crippen molar-refractivity contribution in [3.8, 4) is 5.75 Å². The van der Waals surface area contributed by atoms with Crippen molar-refractivity contribution in [2.24, 2.45) is 0 Å². The Balaban J connectivity index is 1.42. The molecule has 0 bridgehead atoms. The van der Waals surface area contributed by atoms with E-state index < -0.39 is 0 Å². The van der Waals surface area contributed by atoms with Crippen LogP contribution in [0.15, 0.2) is 24.3 Å². The van der Waals surface area contributed by atoms with Crippen LogP contribution in [0.25, 0.3) is 0 Å². The highest BCUT2D eigenvalue weighted by Gasteiger charge is 2.22. The number of carbonyl (C=O) groups excluding carboxylic acids is 1. The largest absolute Gasteiger partial charge is 0.494 e. The van der Waals surface area contributed by atoms with Crippen LogP contribution in [0, 0.1) is 6.92 Å². The second kappa shape index (κ2) is 8.45. The number of fused-ring (bicyclic) bond motifs is 1. The predicted molar refractivity (Wildman–Crippen MR) is 100 cm³/mol. The van der Waals surface area contributed by atoms with Crippen LogP contribution in [-0.4, -0.2) is 30.6 Å². The topological polar surface area (TPSA) is 55.7 Å². The number of benzene rings is 1. The number of carbonyl (C=O) groups is 1. The summed E-state index contributed by atoms with van der Waals surface area (Å²) in [4.78, 5) is 19.6. The molecule has 6 heteroatoms. The number of hydrogen-bond acceptors (Lipinski definition) is 4. The van der Waals surface area contributed by atoms with Crippen LogP contribution >= 0.6 is 11.3 Å². The minimum atomic E-state index is 0.0126. The van der Waals surface area contributed by atoms with E-state index in [9.17, 15) is 4.79 Å². The van der Waals surface area contributed by atoms with Crippen molar-refractivity contribution < 1.29 is 14.4 Å². The van der Waals surface area contributed by atoms with E-state index >= 15 is 0 Å². The third kappa shape index (κ3) is 5.03. The number of anilines is 1. The lowest BCUT2D eigenvalue weighted by Gasteiger charge is -2.20. The van der Waals surface area contributed by atoms with E-state index in [1.165, 1.54) is 16.1 Å². The van der Waals surface area contributed by atoms with E-state index in [1.807, 2.05) is 31.2 Å². The molecule has 0 aliphatic carbocycles. The van der Waals surface area contributed by atoms with E-state index in [-0.39, 0.29) is 5.91 Å². The van der Waals surface area contributed by atoms with Crippen molar-refractivity contribution in [2.75, 3.05) is 25.0 Å². The van der Waals surface area contributed by atoms with Gasteiger partial charge in [0, 0.05) is 12.8 Å². The molecule has 3 rings (SSSR count). The Labute approximate surface area is 153 Å². The van der Waals surface area contributed by atoms with E-state index in [0.717, 1.165) is 36.9 Å². The summed E-state index contributed by atoms with van der Waals surface area (Å²) in [6.07, 6.45) is 2.15. The molecule has 134 valence electrons. The molecular weight excluding hydrogens is 334 g/mol. The van der Waals surface area contributed by atoms with Crippen LogP contribution in [0.2, 0.25) is 0 Å². The summed E-state index contributed by atoms with van der Waals surface area (Å²) in [6, 6.07) is 7.95. The van der Waals surface area contributed by atoms with Crippen molar-refractivity contribution in [1.82, 2.24) is 4.98 Å². The number of nitrogens with one attached hydrogen (secondary N) is 2. The maximum Gasteiger partial charge on any atom is 0.226 e. The lowest BCUT2D eigenvalue weighted by atomic mass is 10.2. The number of hydrogen-bond donors (Lipinski definition) is 2. The Morgan fingerprint density at radius 3 is 3.12 bits per heavy atom. The molecule has 1 unspecified atom stereocenters. The average molecular weight is 361 g/mol. The summed E-state index contributed by atoms with van der Waals surface area (Å²) in [7, 11) is 0. The van der Waals surface area contributed by atoms with Gasteiger partial charge in [-0.3, -0.25) is 4.79 Å². The minimum Gasteiger partial charge on any atom is -0.494 e. The fraction of sp³-hybridized carbons (Fsp3) is 0.474. The number of nitrogens with zero attached hydrogens (tertiary/aromatic N) is 1. The van der Waals surface area contributed by atoms with Gasteiger partial charge >= 0.3 is 0 Å². The second-order valence-electron chi connectivity index (χ2n) is 6.49. The number of thiazole rings is 1. The lowest BCUT2D eigenvalue weighted by molar-refractivity contribution is -0.913. The van der Waals surface area contributed by atoms with Crippen molar-refractivity contribution >= 4 is 22.4 Å². The highest BCUT2D eigenvalue weighted by Crippen LogP contribution is 2.24. The van der Waals surface area contributed by atoms with Gasteiger partial charge in [0.05, 0.1) is 30.3 Å². The Hall–Kier alpha value is -1.92. The van der Waals surface area contributed by atoms with Crippen molar-refractivity contribution in [3.05, 3.63) is 40.4 Å². The second-order valence-corrected chi connectivity index (χ2v) is 7.57. The maximum absolute atomic E-state index is 12.1. The molecule has 1 aromatic heterocycles. The summed E-state index contributed by atoms with van der Waals surface area (Å²) in [6.45, 7) is 8.10. The monoisotopic (exact) mass is 360 g/mol. The zero-order valence-electron chi connectivity index (χ0n) is 14.9. The van der Waals surface area contributed by atoms with Gasteiger partial charge in [-0.15, -0.1) is 0 Å². The molecule has 0 saturated heterocycles. The highest BCUT2D eigenvalue weighted by molar-refractivity contribution is 7.15. The summed E-state index contributed by atoms with van der Waals surface area (Å²) in [5, 5.41) is 3.69. The molecule has 0 spiro atoms. The van der Waals surface area contributed by atoms with Crippen molar-refractivity contribution in [1.29, 1.82) is 0 Å². The molecule has 25 heavy (non-hydrogen) atoms. The Morgan fingerprint density at radius 1 is 1.44 bits per heavy atom. The van der Waals surface area contributed by atoms with E-state index in [2.05, 4.69) is 17.2 Å². The minimum absolute atomic E-state index is 0.0126. The summed E-state index contributed by atoms with van der Waals surface area (Å²) in [5.41, 5.74) is 2.34. The van der Waals surface area contributed by atoms with Gasteiger partial charge in [0.15, 0.2) is 5.13 Å². The first-order valence-electron chi connectivity index (χ1n) is 8.95. The van der Waals surface area contributed by atoms with Gasteiger partial charge in [-0.05, 0) is 38.0 Å². The summed E-state index contributed by atoms with van der Waals surface area (Å²) < 4.78 is 5.68. The van der Waals surface area contributed by atoms with Gasteiger partial charge < -0.3 is 15.0 Å². The number of aryl methyl sites for hydroxylation is 1. The summed E-state index contributed by atoms with van der Waals surface area (Å²) in [5.74, 6) is 0.870. The predicted octanol–water partition coefficient (Wildman–Crippen LogP) is 2.21. The van der Waals surface area contributed by atoms with Crippen molar-refractivity contribution in [2.45, 2.75) is 39.7 Å². The SMILES string of the molecule is CC[NH+]1CCc2nc(NC(=O)CCCOc3cccc(C)c3)sc2C1. The summed E-state index contributed by atoms with van der Waals surface area (Å²) >= 11 is 1.63. The maximum atomic E-state index is 12.1. The van der Waals surface area contributed by atoms with Gasteiger partial charge in [-0.2, -0.15) is 0 Å². The lowest BCUT2D eigenvalue weighted by Crippen LogP contribution is -3.11. The van der Waals surface area contributed by atoms with E-state index in [1.54, 1.807) is 16.2 Å². The van der Waals surface area contributed by atoms with Crippen LogP contribution in [0.3, 0.4) is 0 Å². The molecule has 1 amide bonds.